The molecule has 0 unspecified atom stereocenters. The zero-order valence-electron chi connectivity index (χ0n) is 11.4. The minimum absolute atomic E-state index is 0.0204. The van der Waals surface area contributed by atoms with Crippen LogP contribution in [0.25, 0.3) is 11.4 Å². The first-order valence-electron chi connectivity index (χ1n) is 6.31. The molecule has 0 saturated heterocycles. The molecule has 2 aromatic heterocycles. The summed E-state index contributed by atoms with van der Waals surface area (Å²) in [6.45, 7) is 1.54. The average molecular weight is 320 g/mol. The van der Waals surface area contributed by atoms with Gasteiger partial charge < -0.3 is 13.8 Å². The highest BCUT2D eigenvalue weighted by molar-refractivity contribution is 6.30. The van der Waals surface area contributed by atoms with Gasteiger partial charge in [-0.05, 0) is 19.1 Å². The molecule has 0 radical (unpaired) electrons. The van der Waals surface area contributed by atoms with E-state index in [0.717, 1.165) is 0 Å². The molecule has 22 heavy (non-hydrogen) atoms. The lowest BCUT2D eigenvalue weighted by Crippen LogP contribution is -2.04. The Morgan fingerprint density at radius 2 is 2.14 bits per heavy atom. The number of halogens is 1. The maximum Gasteiger partial charge on any atom is 0.377 e. The van der Waals surface area contributed by atoms with Crippen molar-refractivity contribution in [3.8, 4) is 11.4 Å². The van der Waals surface area contributed by atoms with Crippen molar-refractivity contribution in [1.82, 2.24) is 15.3 Å². The number of nitrogens with zero attached hydrogens (tertiary/aromatic N) is 3. The first-order valence-corrected chi connectivity index (χ1v) is 6.68. The van der Waals surface area contributed by atoms with Crippen molar-refractivity contribution < 1.29 is 18.6 Å². The summed E-state index contributed by atoms with van der Waals surface area (Å²) >= 11 is 5.90. The number of hydrogen-bond acceptors (Lipinski definition) is 7. The Balaban J connectivity index is 1.66. The fourth-order valence-electron chi connectivity index (χ4n) is 1.72. The van der Waals surface area contributed by atoms with Gasteiger partial charge in [-0.1, -0.05) is 34.0 Å². The van der Waals surface area contributed by atoms with Gasteiger partial charge in [0.2, 0.25) is 11.6 Å². The van der Waals surface area contributed by atoms with Crippen molar-refractivity contribution >= 4 is 17.6 Å². The molecule has 0 fully saturated rings. The van der Waals surface area contributed by atoms with Crippen LogP contribution in [0.3, 0.4) is 0 Å². The minimum Gasteiger partial charge on any atom is -0.450 e. The summed E-state index contributed by atoms with van der Waals surface area (Å²) in [6, 6.07) is 8.50. The lowest BCUT2D eigenvalue weighted by atomic mass is 10.2. The van der Waals surface area contributed by atoms with Crippen LogP contribution < -0.4 is 0 Å². The molecular formula is C14H10ClN3O4. The van der Waals surface area contributed by atoms with E-state index in [2.05, 4.69) is 15.3 Å². The number of aromatic nitrogens is 3. The van der Waals surface area contributed by atoms with E-state index in [1.54, 1.807) is 31.2 Å². The summed E-state index contributed by atoms with van der Waals surface area (Å²) in [4.78, 5) is 15.8. The van der Waals surface area contributed by atoms with E-state index < -0.39 is 5.97 Å². The first-order chi connectivity index (χ1) is 10.6. The van der Waals surface area contributed by atoms with E-state index in [-0.39, 0.29) is 18.3 Å². The standard InChI is InChI=1S/C14H10ClN3O4/c1-8-5-11(21-17-8)14(19)20-7-12-16-13(18-22-12)9-3-2-4-10(15)6-9/h2-6H,7H2,1H3. The molecule has 0 spiro atoms. The van der Waals surface area contributed by atoms with E-state index in [4.69, 9.17) is 25.4 Å². The number of benzene rings is 1. The maximum absolute atomic E-state index is 11.7. The van der Waals surface area contributed by atoms with E-state index in [1.165, 1.54) is 6.07 Å². The number of rotatable bonds is 4. The van der Waals surface area contributed by atoms with Crippen LogP contribution in [0.1, 0.15) is 22.1 Å². The van der Waals surface area contributed by atoms with Crippen LogP contribution in [0.2, 0.25) is 5.02 Å². The molecule has 0 aliphatic carbocycles. The van der Waals surface area contributed by atoms with Gasteiger partial charge in [0.15, 0.2) is 6.61 Å². The van der Waals surface area contributed by atoms with Crippen LogP contribution >= 0.6 is 11.6 Å². The third kappa shape index (κ3) is 3.15. The Bertz CT molecular complexity index is 812. The van der Waals surface area contributed by atoms with Crippen LogP contribution in [0.15, 0.2) is 39.4 Å². The predicted molar refractivity (Wildman–Crippen MR) is 75.1 cm³/mol. The van der Waals surface area contributed by atoms with E-state index in [0.29, 0.717) is 22.1 Å². The number of carbonyl (C=O) groups is 1. The second-order valence-corrected chi connectivity index (χ2v) is 4.87. The van der Waals surface area contributed by atoms with Crippen molar-refractivity contribution in [2.75, 3.05) is 0 Å². The zero-order chi connectivity index (χ0) is 15.5. The third-order valence-corrected chi connectivity index (χ3v) is 2.94. The molecule has 1 aromatic carbocycles. The van der Waals surface area contributed by atoms with Crippen LogP contribution in [0.5, 0.6) is 0 Å². The van der Waals surface area contributed by atoms with Crippen LogP contribution in [0, 0.1) is 6.92 Å². The van der Waals surface area contributed by atoms with Gasteiger partial charge in [-0.15, -0.1) is 0 Å². The Morgan fingerprint density at radius 3 is 2.86 bits per heavy atom. The molecule has 0 atom stereocenters. The number of esters is 1. The maximum atomic E-state index is 11.7. The summed E-state index contributed by atoms with van der Waals surface area (Å²) < 4.78 is 14.8. The van der Waals surface area contributed by atoms with Crippen LogP contribution in [-0.2, 0) is 11.3 Å². The van der Waals surface area contributed by atoms with Gasteiger partial charge >= 0.3 is 5.97 Å². The highest BCUT2D eigenvalue weighted by Crippen LogP contribution is 2.20. The van der Waals surface area contributed by atoms with E-state index >= 15 is 0 Å². The average Bonchev–Trinajstić information content (AvgIpc) is 3.14. The quantitative estimate of drug-likeness (QED) is 0.682. The molecule has 0 amide bonds. The van der Waals surface area contributed by atoms with Crippen LogP contribution in [-0.4, -0.2) is 21.3 Å². The number of ether oxygens (including phenoxy) is 1. The second-order valence-electron chi connectivity index (χ2n) is 4.43. The largest absolute Gasteiger partial charge is 0.450 e. The molecule has 0 N–H and O–H groups in total. The number of carbonyl (C=O) groups excluding carboxylic acids is 1. The monoisotopic (exact) mass is 319 g/mol. The highest BCUT2D eigenvalue weighted by Gasteiger charge is 2.16. The molecule has 3 aromatic rings. The summed E-state index contributed by atoms with van der Waals surface area (Å²) in [5.74, 6) is -0.0983. The molecule has 0 saturated carbocycles. The lowest BCUT2D eigenvalue weighted by molar-refractivity contribution is 0.0383. The fourth-order valence-corrected chi connectivity index (χ4v) is 1.91. The molecule has 0 aliphatic heterocycles. The van der Waals surface area contributed by atoms with Gasteiger partial charge in [0, 0.05) is 16.7 Å². The van der Waals surface area contributed by atoms with Gasteiger partial charge in [-0.2, -0.15) is 4.98 Å². The Kier molecular flexibility index (Phi) is 3.88. The molecule has 8 heteroatoms. The highest BCUT2D eigenvalue weighted by atomic mass is 35.5. The lowest BCUT2D eigenvalue weighted by Gasteiger charge is -1.97. The summed E-state index contributed by atoms with van der Waals surface area (Å²) in [7, 11) is 0. The molecule has 7 nitrogen and oxygen atoms in total. The molecular weight excluding hydrogens is 310 g/mol. The first kappa shape index (κ1) is 14.3. The summed E-state index contributed by atoms with van der Waals surface area (Å²) in [5, 5.41) is 7.98. The van der Waals surface area contributed by atoms with E-state index in [1.807, 2.05) is 0 Å². The fraction of sp³-hybridized carbons (Fsp3) is 0.143. The zero-order valence-corrected chi connectivity index (χ0v) is 12.2. The van der Waals surface area contributed by atoms with Crippen molar-refractivity contribution in [2.24, 2.45) is 0 Å². The minimum atomic E-state index is -0.650. The van der Waals surface area contributed by atoms with Gasteiger partial charge in [0.1, 0.15) is 0 Å². The smallest absolute Gasteiger partial charge is 0.377 e. The van der Waals surface area contributed by atoms with Gasteiger partial charge in [-0.3, -0.25) is 0 Å². The van der Waals surface area contributed by atoms with Crippen LogP contribution in [0.4, 0.5) is 0 Å². The SMILES string of the molecule is Cc1cc(C(=O)OCc2nc(-c3cccc(Cl)c3)no2)on1. The van der Waals surface area contributed by atoms with Gasteiger partial charge in [0.05, 0.1) is 5.69 Å². The third-order valence-electron chi connectivity index (χ3n) is 2.71. The second kappa shape index (κ2) is 5.98. The Hall–Kier alpha value is -2.67. The topological polar surface area (TPSA) is 91.2 Å². The number of hydrogen-bond donors (Lipinski definition) is 0. The van der Waals surface area contributed by atoms with Crippen molar-refractivity contribution in [3.05, 3.63) is 52.7 Å². The number of aryl methyl sites for hydroxylation is 1. The van der Waals surface area contributed by atoms with Gasteiger partial charge in [-0.25, -0.2) is 4.79 Å². The van der Waals surface area contributed by atoms with E-state index in [9.17, 15) is 4.79 Å². The normalized spacial score (nSPS) is 10.6. The Morgan fingerprint density at radius 1 is 1.27 bits per heavy atom. The molecule has 0 bridgehead atoms. The van der Waals surface area contributed by atoms with Crippen molar-refractivity contribution in [1.29, 1.82) is 0 Å². The van der Waals surface area contributed by atoms with Crippen molar-refractivity contribution in [3.63, 3.8) is 0 Å². The summed E-state index contributed by atoms with van der Waals surface area (Å²) in [5.41, 5.74) is 1.30. The van der Waals surface area contributed by atoms with Gasteiger partial charge in [0.25, 0.3) is 5.89 Å². The molecule has 0 aliphatic rings. The molecule has 3 rings (SSSR count). The Labute approximate surface area is 129 Å². The predicted octanol–water partition coefficient (Wildman–Crippen LogP) is 3.04. The summed E-state index contributed by atoms with van der Waals surface area (Å²) in [6.07, 6.45) is 0. The molecule has 112 valence electrons. The molecule has 2 heterocycles. The van der Waals surface area contributed by atoms with Crippen molar-refractivity contribution in [2.45, 2.75) is 13.5 Å².